The van der Waals surface area contributed by atoms with E-state index in [0.29, 0.717) is 37.6 Å². The topological polar surface area (TPSA) is 52.7 Å². The van der Waals surface area contributed by atoms with Gasteiger partial charge >= 0.3 is 6.03 Å². The number of nitrogens with zero attached hydrogens (tertiary/aromatic N) is 2. The van der Waals surface area contributed by atoms with Crippen molar-refractivity contribution in [1.29, 1.82) is 0 Å². The van der Waals surface area contributed by atoms with Gasteiger partial charge in [-0.2, -0.15) is 0 Å². The number of carbonyl (C=O) groups excluding carboxylic acids is 2. The summed E-state index contributed by atoms with van der Waals surface area (Å²) in [4.78, 5) is 28.4. The first-order valence-corrected chi connectivity index (χ1v) is 8.72. The third kappa shape index (κ3) is 5.41. The Kier molecular flexibility index (Phi) is 6.10. The molecule has 1 aliphatic heterocycles. The monoisotopic (exact) mass is 351 g/mol. The molecule has 0 spiro atoms. The van der Waals surface area contributed by atoms with Crippen LogP contribution in [0.25, 0.3) is 0 Å². The Labute approximate surface area is 149 Å². The van der Waals surface area contributed by atoms with Gasteiger partial charge < -0.3 is 15.1 Å². The maximum absolute atomic E-state index is 12.5. The normalized spacial score (nSPS) is 15.8. The number of halogens is 1. The average Bonchev–Trinajstić information content (AvgIpc) is 2.74. The van der Waals surface area contributed by atoms with Crippen molar-refractivity contribution >= 4 is 23.5 Å². The number of hydrogen-bond acceptors (Lipinski definition) is 2. The highest BCUT2D eigenvalue weighted by Gasteiger charge is 2.24. The van der Waals surface area contributed by atoms with Gasteiger partial charge in [0.15, 0.2) is 0 Å². The molecule has 132 valence electrons. The van der Waals surface area contributed by atoms with E-state index in [1.807, 2.05) is 43.9 Å². The van der Waals surface area contributed by atoms with Gasteiger partial charge in [0.05, 0.1) is 6.42 Å². The molecule has 1 saturated heterocycles. The minimum atomic E-state index is -0.261. The molecule has 1 aromatic rings. The predicted molar refractivity (Wildman–Crippen MR) is 96.2 cm³/mol. The second kappa shape index (κ2) is 7.88. The second-order valence-electron chi connectivity index (χ2n) is 7.17. The molecule has 0 saturated carbocycles. The number of rotatable bonds is 2. The zero-order valence-electron chi connectivity index (χ0n) is 14.6. The SMILES string of the molecule is CC(C)(C)NC(=O)N1CCCN(C(=O)Cc2ccccc2Cl)CC1. The number of carbonyl (C=O) groups is 2. The van der Waals surface area contributed by atoms with E-state index >= 15 is 0 Å². The van der Waals surface area contributed by atoms with Gasteiger partial charge in [0.2, 0.25) is 5.91 Å². The van der Waals surface area contributed by atoms with Gasteiger partial charge in [-0.05, 0) is 38.8 Å². The maximum atomic E-state index is 12.5. The molecule has 24 heavy (non-hydrogen) atoms. The Morgan fingerprint density at radius 1 is 1.08 bits per heavy atom. The predicted octanol–water partition coefficient (Wildman–Crippen LogP) is 2.92. The highest BCUT2D eigenvalue weighted by molar-refractivity contribution is 6.31. The van der Waals surface area contributed by atoms with Crippen LogP contribution in [0.15, 0.2) is 24.3 Å². The molecule has 1 N–H and O–H groups in total. The fraction of sp³-hybridized carbons (Fsp3) is 0.556. The molecule has 0 unspecified atom stereocenters. The van der Waals surface area contributed by atoms with E-state index in [1.165, 1.54) is 0 Å². The van der Waals surface area contributed by atoms with Crippen LogP contribution in [0, 0.1) is 0 Å². The number of urea groups is 1. The molecule has 1 heterocycles. The van der Waals surface area contributed by atoms with Crippen molar-refractivity contribution in [3.05, 3.63) is 34.9 Å². The first-order chi connectivity index (χ1) is 11.3. The summed E-state index contributed by atoms with van der Waals surface area (Å²) in [5.41, 5.74) is 0.582. The van der Waals surface area contributed by atoms with Crippen molar-refractivity contribution in [3.8, 4) is 0 Å². The summed E-state index contributed by atoms with van der Waals surface area (Å²) in [5, 5.41) is 3.59. The van der Waals surface area contributed by atoms with E-state index < -0.39 is 0 Å². The average molecular weight is 352 g/mol. The summed E-state index contributed by atoms with van der Waals surface area (Å²) in [6.45, 7) is 8.32. The first kappa shape index (κ1) is 18.6. The molecular weight excluding hydrogens is 326 g/mol. The lowest BCUT2D eigenvalue weighted by Gasteiger charge is -2.27. The zero-order chi connectivity index (χ0) is 17.7. The van der Waals surface area contributed by atoms with Gasteiger partial charge in [0, 0.05) is 36.7 Å². The molecule has 2 rings (SSSR count). The lowest BCUT2D eigenvalue weighted by Crippen LogP contribution is -2.49. The van der Waals surface area contributed by atoms with E-state index in [2.05, 4.69) is 5.32 Å². The summed E-state index contributed by atoms with van der Waals surface area (Å²) in [5.74, 6) is 0.0566. The number of hydrogen-bond donors (Lipinski definition) is 1. The minimum Gasteiger partial charge on any atom is -0.341 e. The summed E-state index contributed by atoms with van der Waals surface area (Å²) in [7, 11) is 0. The van der Waals surface area contributed by atoms with E-state index in [0.717, 1.165) is 12.0 Å². The minimum absolute atomic E-state index is 0.0566. The lowest BCUT2D eigenvalue weighted by atomic mass is 10.1. The standard InChI is InChI=1S/C18H26ClN3O2/c1-18(2,3)20-17(24)22-10-6-9-21(11-12-22)16(23)13-14-7-4-5-8-15(14)19/h4-5,7-8H,6,9-13H2,1-3H3,(H,20,24). The van der Waals surface area contributed by atoms with Gasteiger partial charge in [-0.3, -0.25) is 4.79 Å². The zero-order valence-corrected chi connectivity index (χ0v) is 15.4. The van der Waals surface area contributed by atoms with Crippen molar-refractivity contribution in [1.82, 2.24) is 15.1 Å². The fourth-order valence-electron chi connectivity index (χ4n) is 2.69. The van der Waals surface area contributed by atoms with Crippen LogP contribution < -0.4 is 5.32 Å². The molecule has 0 aromatic heterocycles. The van der Waals surface area contributed by atoms with Crippen molar-refractivity contribution < 1.29 is 9.59 Å². The van der Waals surface area contributed by atoms with Gasteiger partial charge in [-0.25, -0.2) is 4.79 Å². The molecule has 6 heteroatoms. The van der Waals surface area contributed by atoms with Gasteiger partial charge in [-0.15, -0.1) is 0 Å². The van der Waals surface area contributed by atoms with Gasteiger partial charge in [0.25, 0.3) is 0 Å². The third-order valence-electron chi connectivity index (χ3n) is 3.92. The van der Waals surface area contributed by atoms with Crippen LogP contribution in [0.1, 0.15) is 32.8 Å². The Balaban J connectivity index is 1.92. The first-order valence-electron chi connectivity index (χ1n) is 8.34. The van der Waals surface area contributed by atoms with Gasteiger partial charge in [0.1, 0.15) is 0 Å². The molecule has 0 atom stereocenters. The number of benzene rings is 1. The van der Waals surface area contributed by atoms with Crippen molar-refractivity contribution in [2.75, 3.05) is 26.2 Å². The maximum Gasteiger partial charge on any atom is 0.317 e. The lowest BCUT2D eigenvalue weighted by molar-refractivity contribution is -0.130. The number of nitrogens with one attached hydrogen (secondary N) is 1. The fourth-order valence-corrected chi connectivity index (χ4v) is 2.89. The molecule has 5 nitrogen and oxygen atoms in total. The Morgan fingerprint density at radius 2 is 1.71 bits per heavy atom. The van der Waals surface area contributed by atoms with Crippen molar-refractivity contribution in [3.63, 3.8) is 0 Å². The summed E-state index contributed by atoms with van der Waals surface area (Å²) in [6, 6.07) is 7.35. The van der Waals surface area contributed by atoms with Crippen molar-refractivity contribution in [2.24, 2.45) is 0 Å². The second-order valence-corrected chi connectivity index (χ2v) is 7.58. The van der Waals surface area contributed by atoms with E-state index in [9.17, 15) is 9.59 Å². The highest BCUT2D eigenvalue weighted by Crippen LogP contribution is 2.17. The van der Waals surface area contributed by atoms with Crippen LogP contribution in [0.5, 0.6) is 0 Å². The molecule has 0 aliphatic carbocycles. The largest absolute Gasteiger partial charge is 0.341 e. The molecule has 1 fully saturated rings. The van der Waals surface area contributed by atoms with Crippen LogP contribution in [-0.4, -0.2) is 53.5 Å². The highest BCUT2D eigenvalue weighted by atomic mass is 35.5. The van der Waals surface area contributed by atoms with Crippen molar-refractivity contribution in [2.45, 2.75) is 39.2 Å². The van der Waals surface area contributed by atoms with Crippen LogP contribution in [0.3, 0.4) is 0 Å². The van der Waals surface area contributed by atoms with E-state index in [4.69, 9.17) is 11.6 Å². The Bertz CT molecular complexity index is 598. The van der Waals surface area contributed by atoms with Crippen LogP contribution in [0.4, 0.5) is 4.79 Å². The summed E-state index contributed by atoms with van der Waals surface area (Å²) in [6.07, 6.45) is 1.08. The summed E-state index contributed by atoms with van der Waals surface area (Å²) >= 11 is 6.13. The van der Waals surface area contributed by atoms with Crippen LogP contribution in [0.2, 0.25) is 5.02 Å². The third-order valence-corrected chi connectivity index (χ3v) is 4.29. The van der Waals surface area contributed by atoms with E-state index in [1.54, 1.807) is 11.0 Å². The molecule has 0 radical (unpaired) electrons. The van der Waals surface area contributed by atoms with Crippen LogP contribution >= 0.6 is 11.6 Å². The molecule has 1 aromatic carbocycles. The molecule has 1 aliphatic rings. The number of amides is 3. The van der Waals surface area contributed by atoms with Gasteiger partial charge in [-0.1, -0.05) is 29.8 Å². The van der Waals surface area contributed by atoms with Crippen LogP contribution in [-0.2, 0) is 11.2 Å². The molecule has 3 amide bonds. The Morgan fingerprint density at radius 3 is 2.38 bits per heavy atom. The smallest absolute Gasteiger partial charge is 0.317 e. The molecule has 0 bridgehead atoms. The quantitative estimate of drug-likeness (QED) is 0.890. The summed E-state index contributed by atoms with van der Waals surface area (Å²) < 4.78 is 0. The Hall–Kier alpha value is -1.75. The van der Waals surface area contributed by atoms with E-state index in [-0.39, 0.29) is 17.5 Å². The molecular formula is C18H26ClN3O2.